The van der Waals surface area contributed by atoms with Gasteiger partial charge in [0.25, 0.3) is 0 Å². The number of halogens is 1. The summed E-state index contributed by atoms with van der Waals surface area (Å²) < 4.78 is 18.7. The van der Waals surface area contributed by atoms with Gasteiger partial charge >= 0.3 is 0 Å². The Kier molecular flexibility index (Phi) is 4.90. The van der Waals surface area contributed by atoms with Gasteiger partial charge in [-0.2, -0.15) is 0 Å². The van der Waals surface area contributed by atoms with E-state index in [2.05, 4.69) is 12.2 Å². The van der Waals surface area contributed by atoms with Gasteiger partial charge in [0.1, 0.15) is 5.82 Å². The van der Waals surface area contributed by atoms with Crippen LogP contribution >= 0.6 is 0 Å². The molecular formula is C13H20FNO. The Morgan fingerprint density at radius 3 is 2.50 bits per heavy atom. The lowest BCUT2D eigenvalue weighted by Gasteiger charge is -2.25. The molecule has 2 nitrogen and oxygen atoms in total. The van der Waals surface area contributed by atoms with Crippen LogP contribution in [0.5, 0.6) is 0 Å². The van der Waals surface area contributed by atoms with Gasteiger partial charge < -0.3 is 10.1 Å². The van der Waals surface area contributed by atoms with Crippen molar-refractivity contribution < 1.29 is 9.13 Å². The van der Waals surface area contributed by atoms with Crippen LogP contribution in [0.2, 0.25) is 0 Å². The molecule has 0 amide bonds. The number of benzene rings is 1. The lowest BCUT2D eigenvalue weighted by molar-refractivity contribution is 0.0675. The summed E-state index contributed by atoms with van der Waals surface area (Å²) in [4.78, 5) is 0. The Morgan fingerprint density at radius 1 is 1.38 bits per heavy atom. The fourth-order valence-corrected chi connectivity index (χ4v) is 2.05. The molecule has 0 aliphatic heterocycles. The van der Waals surface area contributed by atoms with Crippen LogP contribution in [0.3, 0.4) is 0 Å². The molecule has 2 unspecified atom stereocenters. The number of nitrogens with one attached hydrogen (secondary N) is 1. The minimum absolute atomic E-state index is 0.0319. The highest BCUT2D eigenvalue weighted by Gasteiger charge is 2.20. The van der Waals surface area contributed by atoms with Crippen molar-refractivity contribution in [3.05, 3.63) is 35.1 Å². The van der Waals surface area contributed by atoms with E-state index < -0.39 is 0 Å². The van der Waals surface area contributed by atoms with E-state index in [4.69, 9.17) is 4.74 Å². The molecule has 1 rings (SSSR count). The van der Waals surface area contributed by atoms with E-state index in [1.165, 1.54) is 6.07 Å². The standard InChI is InChI=1S/C13H20FNO/c1-5-12(16-4)13(15-3)10-6-9(2)7-11(14)8-10/h6-8,12-13,15H,5H2,1-4H3. The lowest BCUT2D eigenvalue weighted by atomic mass is 9.98. The van der Waals surface area contributed by atoms with E-state index in [0.717, 1.165) is 17.5 Å². The van der Waals surface area contributed by atoms with Gasteiger partial charge in [0.05, 0.1) is 12.1 Å². The molecule has 2 atom stereocenters. The second kappa shape index (κ2) is 5.97. The zero-order chi connectivity index (χ0) is 12.1. The minimum atomic E-state index is -0.193. The highest BCUT2D eigenvalue weighted by Crippen LogP contribution is 2.22. The van der Waals surface area contributed by atoms with Gasteiger partial charge in [-0.3, -0.25) is 0 Å². The van der Waals surface area contributed by atoms with Gasteiger partial charge in [-0.25, -0.2) is 4.39 Å². The van der Waals surface area contributed by atoms with Crippen LogP contribution in [0.1, 0.15) is 30.5 Å². The Bertz CT molecular complexity index is 316. The van der Waals surface area contributed by atoms with Gasteiger partial charge in [0.15, 0.2) is 0 Å². The zero-order valence-electron chi connectivity index (χ0n) is 10.4. The van der Waals surface area contributed by atoms with Crippen molar-refractivity contribution >= 4 is 0 Å². The predicted molar refractivity (Wildman–Crippen MR) is 64.0 cm³/mol. The molecule has 0 saturated heterocycles. The number of methoxy groups -OCH3 is 1. The van der Waals surface area contributed by atoms with Crippen LogP contribution in [0.25, 0.3) is 0 Å². The van der Waals surface area contributed by atoms with E-state index in [-0.39, 0.29) is 18.0 Å². The summed E-state index contributed by atoms with van der Waals surface area (Å²) in [6.45, 7) is 3.96. The third kappa shape index (κ3) is 3.03. The van der Waals surface area contributed by atoms with Gasteiger partial charge in [-0.1, -0.05) is 13.0 Å². The number of aryl methyl sites for hydroxylation is 1. The first-order valence-corrected chi connectivity index (χ1v) is 5.59. The summed E-state index contributed by atoms with van der Waals surface area (Å²) in [7, 11) is 3.55. The van der Waals surface area contributed by atoms with Gasteiger partial charge in [0.2, 0.25) is 0 Å². The van der Waals surface area contributed by atoms with Crippen LogP contribution in [0.4, 0.5) is 4.39 Å². The number of hydrogen-bond acceptors (Lipinski definition) is 2. The monoisotopic (exact) mass is 225 g/mol. The largest absolute Gasteiger partial charge is 0.379 e. The van der Waals surface area contributed by atoms with Crippen molar-refractivity contribution in [2.45, 2.75) is 32.4 Å². The molecule has 90 valence electrons. The first-order chi connectivity index (χ1) is 7.62. The number of rotatable bonds is 5. The Labute approximate surface area is 96.8 Å². The van der Waals surface area contributed by atoms with E-state index in [0.29, 0.717) is 0 Å². The first-order valence-electron chi connectivity index (χ1n) is 5.59. The molecule has 0 aliphatic carbocycles. The van der Waals surface area contributed by atoms with Crippen molar-refractivity contribution in [3.8, 4) is 0 Å². The van der Waals surface area contributed by atoms with E-state index >= 15 is 0 Å². The molecule has 0 radical (unpaired) electrons. The van der Waals surface area contributed by atoms with Crippen LogP contribution in [0.15, 0.2) is 18.2 Å². The van der Waals surface area contributed by atoms with Crippen molar-refractivity contribution in [2.24, 2.45) is 0 Å². The maximum absolute atomic E-state index is 13.3. The average Bonchev–Trinajstić information content (AvgIpc) is 2.24. The van der Waals surface area contributed by atoms with Crippen LogP contribution in [-0.2, 0) is 4.74 Å². The molecule has 1 N–H and O–H groups in total. The van der Waals surface area contributed by atoms with E-state index in [1.807, 2.05) is 20.0 Å². The molecular weight excluding hydrogens is 205 g/mol. The van der Waals surface area contributed by atoms with Crippen LogP contribution in [-0.4, -0.2) is 20.3 Å². The normalized spacial score (nSPS) is 14.8. The van der Waals surface area contributed by atoms with E-state index in [9.17, 15) is 4.39 Å². The molecule has 3 heteroatoms. The topological polar surface area (TPSA) is 21.3 Å². The number of hydrogen-bond donors (Lipinski definition) is 1. The average molecular weight is 225 g/mol. The third-order valence-electron chi connectivity index (χ3n) is 2.81. The lowest BCUT2D eigenvalue weighted by Crippen LogP contribution is -2.30. The molecule has 1 aromatic carbocycles. The molecule has 0 spiro atoms. The molecule has 0 fully saturated rings. The highest BCUT2D eigenvalue weighted by atomic mass is 19.1. The second-order valence-electron chi connectivity index (χ2n) is 4.01. The first kappa shape index (κ1) is 13.1. The SMILES string of the molecule is CCC(OC)C(NC)c1cc(C)cc(F)c1. The molecule has 0 aromatic heterocycles. The zero-order valence-corrected chi connectivity index (χ0v) is 10.4. The number of likely N-dealkylation sites (N-methyl/N-ethyl adjacent to an activating group) is 1. The summed E-state index contributed by atoms with van der Waals surface area (Å²) in [5, 5.41) is 3.18. The molecule has 0 aliphatic rings. The minimum Gasteiger partial charge on any atom is -0.379 e. The quantitative estimate of drug-likeness (QED) is 0.832. The molecule has 16 heavy (non-hydrogen) atoms. The van der Waals surface area contributed by atoms with Crippen molar-refractivity contribution in [1.29, 1.82) is 0 Å². The summed E-state index contributed by atoms with van der Waals surface area (Å²) in [6.07, 6.45) is 0.948. The summed E-state index contributed by atoms with van der Waals surface area (Å²) >= 11 is 0. The Balaban J connectivity index is 3.02. The van der Waals surface area contributed by atoms with Crippen LogP contribution < -0.4 is 5.32 Å². The predicted octanol–water partition coefficient (Wildman–Crippen LogP) is 2.82. The molecule has 0 bridgehead atoms. The highest BCUT2D eigenvalue weighted by molar-refractivity contribution is 5.27. The Morgan fingerprint density at radius 2 is 2.06 bits per heavy atom. The summed E-state index contributed by atoms with van der Waals surface area (Å²) in [5.74, 6) is -0.193. The van der Waals surface area contributed by atoms with Gasteiger partial charge in [0, 0.05) is 7.11 Å². The molecule has 0 saturated carbocycles. The Hall–Kier alpha value is -0.930. The maximum Gasteiger partial charge on any atom is 0.123 e. The molecule has 0 heterocycles. The van der Waals surface area contributed by atoms with E-state index in [1.54, 1.807) is 13.2 Å². The smallest absolute Gasteiger partial charge is 0.123 e. The van der Waals surface area contributed by atoms with Gasteiger partial charge in [-0.15, -0.1) is 0 Å². The van der Waals surface area contributed by atoms with Crippen molar-refractivity contribution in [2.75, 3.05) is 14.2 Å². The fraction of sp³-hybridized carbons (Fsp3) is 0.538. The van der Waals surface area contributed by atoms with Crippen LogP contribution in [0, 0.1) is 12.7 Å². The summed E-state index contributed by atoms with van der Waals surface area (Å²) in [6, 6.07) is 5.12. The number of ether oxygens (including phenoxy) is 1. The third-order valence-corrected chi connectivity index (χ3v) is 2.81. The second-order valence-corrected chi connectivity index (χ2v) is 4.01. The maximum atomic E-state index is 13.3. The van der Waals surface area contributed by atoms with Crippen molar-refractivity contribution in [1.82, 2.24) is 5.32 Å². The fourth-order valence-electron chi connectivity index (χ4n) is 2.05. The van der Waals surface area contributed by atoms with Gasteiger partial charge in [-0.05, 0) is 43.7 Å². The van der Waals surface area contributed by atoms with Crippen molar-refractivity contribution in [3.63, 3.8) is 0 Å². The summed E-state index contributed by atoms with van der Waals surface area (Å²) in [5.41, 5.74) is 1.87. The molecule has 1 aromatic rings.